The number of nitrogens with zero attached hydrogens (tertiary/aromatic N) is 7. The summed E-state index contributed by atoms with van der Waals surface area (Å²) in [5.41, 5.74) is 9.09. The van der Waals surface area contributed by atoms with E-state index >= 15 is 0 Å². The van der Waals surface area contributed by atoms with E-state index in [1.54, 1.807) is 35.6 Å². The fourth-order valence-corrected chi connectivity index (χ4v) is 3.83. The third-order valence-electron chi connectivity index (χ3n) is 5.60. The average molecular weight is 559 g/mol. The van der Waals surface area contributed by atoms with Crippen molar-refractivity contribution in [3.05, 3.63) is 58.5 Å². The number of rotatable bonds is 8. The lowest BCUT2D eigenvalue weighted by atomic mass is 10.2. The smallest absolute Gasteiger partial charge is 0.394 e. The zero-order valence-corrected chi connectivity index (χ0v) is 20.4. The zero-order valence-electron chi connectivity index (χ0n) is 20.4. The van der Waals surface area contributed by atoms with Crippen LogP contribution in [0.2, 0.25) is 0 Å². The second kappa shape index (κ2) is 12.4. The van der Waals surface area contributed by atoms with Gasteiger partial charge in [0, 0.05) is 16.9 Å². The largest absolute Gasteiger partial charge is 0.471 e. The number of nitrogens with one attached hydrogen (secondary N) is 2. The van der Waals surface area contributed by atoms with Gasteiger partial charge in [-0.2, -0.15) is 13.2 Å². The molecule has 0 bridgehead atoms. The molecule has 1 saturated heterocycles. The first-order chi connectivity index (χ1) is 19.2. The Bertz CT molecular complexity index is 1500. The van der Waals surface area contributed by atoms with Gasteiger partial charge in [-0.1, -0.05) is 29.2 Å². The molecule has 1 aliphatic rings. The summed E-state index contributed by atoms with van der Waals surface area (Å²) in [5, 5.41) is 17.4. The van der Waals surface area contributed by atoms with E-state index in [4.69, 9.17) is 15.0 Å². The van der Waals surface area contributed by atoms with Crippen molar-refractivity contribution in [1.29, 1.82) is 0 Å². The van der Waals surface area contributed by atoms with Gasteiger partial charge in [0.25, 0.3) is 5.91 Å². The highest BCUT2D eigenvalue weighted by atomic mass is 19.4. The summed E-state index contributed by atoms with van der Waals surface area (Å²) in [6.07, 6.45) is -6.22. The van der Waals surface area contributed by atoms with Crippen LogP contribution in [0.25, 0.3) is 21.6 Å². The molecule has 208 valence electrons. The lowest BCUT2D eigenvalue weighted by Gasteiger charge is -2.15. The standard InChI is InChI=1S/C23H20F3N9O5/c24-23(25,26)22(38)28-8-4-7-16-32-18-19(33-21(37)13-5-2-1-3-6-13)29-11-30-20(18)35(16)17-9-14(15(10-36)40-17)39-12-31-34-27/h1-3,5-6,11,14-15,17,36H,8-10,12H2,(H,28,38)(H,29,30,33,37)/t14-,15-,17-/m0/s1. The number of benzene rings is 1. The van der Waals surface area contributed by atoms with E-state index in [-0.39, 0.29) is 36.0 Å². The number of carbonyl (C=O) groups excluding carboxylic acids is 2. The normalized spacial score (nSPS) is 18.4. The number of aliphatic hydroxyl groups is 1. The number of fused-ring (bicyclic) bond motifs is 1. The molecule has 40 heavy (non-hydrogen) atoms. The minimum absolute atomic E-state index is 0.0267. The summed E-state index contributed by atoms with van der Waals surface area (Å²) >= 11 is 0. The first-order valence-corrected chi connectivity index (χ1v) is 11.5. The van der Waals surface area contributed by atoms with Crippen LogP contribution in [0.3, 0.4) is 0 Å². The summed E-state index contributed by atoms with van der Waals surface area (Å²) in [5.74, 6) is 2.34. The van der Waals surface area contributed by atoms with Crippen molar-refractivity contribution in [1.82, 2.24) is 24.8 Å². The van der Waals surface area contributed by atoms with E-state index in [9.17, 15) is 27.9 Å². The Balaban J connectivity index is 1.69. The summed E-state index contributed by atoms with van der Waals surface area (Å²) in [6, 6.07) is 8.29. The predicted octanol–water partition coefficient (Wildman–Crippen LogP) is 2.04. The van der Waals surface area contributed by atoms with Crippen LogP contribution in [-0.4, -0.2) is 74.7 Å². The highest BCUT2D eigenvalue weighted by molar-refractivity contribution is 6.06. The number of alkyl halides is 3. The Hall–Kier alpha value is -4.75. The summed E-state index contributed by atoms with van der Waals surface area (Å²) in [4.78, 5) is 39.2. The van der Waals surface area contributed by atoms with Gasteiger partial charge in [0.15, 0.2) is 22.8 Å². The first kappa shape index (κ1) is 28.3. The number of azide groups is 1. The van der Waals surface area contributed by atoms with E-state index in [1.807, 2.05) is 0 Å². The fourth-order valence-electron chi connectivity index (χ4n) is 3.83. The molecule has 3 N–H and O–H groups in total. The maximum absolute atomic E-state index is 12.7. The molecule has 17 heteroatoms. The Morgan fingerprint density at radius 3 is 2.77 bits per heavy atom. The number of aromatic nitrogens is 4. The topological polar surface area (TPSA) is 189 Å². The third kappa shape index (κ3) is 6.45. The Morgan fingerprint density at radius 2 is 2.08 bits per heavy atom. The zero-order chi connectivity index (χ0) is 28.7. The molecule has 2 amide bonds. The van der Waals surface area contributed by atoms with E-state index < -0.39 is 49.6 Å². The van der Waals surface area contributed by atoms with Crippen molar-refractivity contribution in [2.75, 3.05) is 25.2 Å². The molecule has 3 aromatic rings. The molecule has 3 heterocycles. The first-order valence-electron chi connectivity index (χ1n) is 11.5. The van der Waals surface area contributed by atoms with Crippen LogP contribution < -0.4 is 10.6 Å². The molecule has 4 rings (SSSR count). The predicted molar refractivity (Wildman–Crippen MR) is 130 cm³/mol. The number of halogens is 3. The number of imidazole rings is 1. The van der Waals surface area contributed by atoms with Gasteiger partial charge in [-0.15, -0.1) is 0 Å². The van der Waals surface area contributed by atoms with Crippen LogP contribution >= 0.6 is 0 Å². The second-order valence-corrected chi connectivity index (χ2v) is 8.11. The minimum Gasteiger partial charge on any atom is -0.394 e. The van der Waals surface area contributed by atoms with E-state index in [1.165, 1.54) is 4.57 Å². The molecule has 0 radical (unpaired) electrons. The molecule has 0 spiro atoms. The molecule has 14 nitrogen and oxygen atoms in total. The Kier molecular flexibility index (Phi) is 8.76. The molecule has 2 aromatic heterocycles. The molecule has 0 aliphatic carbocycles. The maximum Gasteiger partial charge on any atom is 0.471 e. The lowest BCUT2D eigenvalue weighted by Crippen LogP contribution is -2.36. The second-order valence-electron chi connectivity index (χ2n) is 8.11. The highest BCUT2D eigenvalue weighted by Gasteiger charge is 2.39. The number of anilines is 1. The van der Waals surface area contributed by atoms with Crippen LogP contribution in [0.5, 0.6) is 0 Å². The van der Waals surface area contributed by atoms with Crippen molar-refractivity contribution in [2.45, 2.75) is 31.0 Å². The van der Waals surface area contributed by atoms with Crippen molar-refractivity contribution in [3.8, 4) is 11.8 Å². The highest BCUT2D eigenvalue weighted by Crippen LogP contribution is 2.34. The van der Waals surface area contributed by atoms with Crippen LogP contribution in [0.1, 0.15) is 28.8 Å². The van der Waals surface area contributed by atoms with Gasteiger partial charge in [0.1, 0.15) is 25.4 Å². The summed E-state index contributed by atoms with van der Waals surface area (Å²) in [7, 11) is 0. The Labute approximate surface area is 223 Å². The van der Waals surface area contributed by atoms with Crippen molar-refractivity contribution >= 4 is 28.8 Å². The number of ether oxygens (including phenoxy) is 2. The van der Waals surface area contributed by atoms with Gasteiger partial charge in [-0.3, -0.25) is 14.2 Å². The minimum atomic E-state index is -5.07. The fraction of sp³-hybridized carbons (Fsp3) is 0.348. The van der Waals surface area contributed by atoms with Crippen molar-refractivity contribution < 1.29 is 37.3 Å². The van der Waals surface area contributed by atoms with Gasteiger partial charge in [-0.25, -0.2) is 15.0 Å². The summed E-state index contributed by atoms with van der Waals surface area (Å²) in [6.45, 7) is -1.41. The molecule has 0 saturated carbocycles. The number of amides is 2. The lowest BCUT2D eigenvalue weighted by molar-refractivity contribution is -0.173. The van der Waals surface area contributed by atoms with Gasteiger partial charge >= 0.3 is 12.1 Å². The Morgan fingerprint density at radius 1 is 1.30 bits per heavy atom. The number of hydrogen-bond acceptors (Lipinski definition) is 9. The van der Waals surface area contributed by atoms with Gasteiger partial charge in [0.05, 0.1) is 19.3 Å². The van der Waals surface area contributed by atoms with E-state index in [2.05, 4.69) is 42.1 Å². The molecule has 1 aliphatic heterocycles. The van der Waals surface area contributed by atoms with Crippen LogP contribution in [0, 0.1) is 11.8 Å². The summed E-state index contributed by atoms with van der Waals surface area (Å²) < 4.78 is 50.3. The van der Waals surface area contributed by atoms with Crippen molar-refractivity contribution in [2.24, 2.45) is 5.11 Å². The molecular weight excluding hydrogens is 539 g/mol. The van der Waals surface area contributed by atoms with Crippen molar-refractivity contribution in [3.63, 3.8) is 0 Å². The number of hydrogen-bond donors (Lipinski definition) is 3. The monoisotopic (exact) mass is 559 g/mol. The number of carbonyl (C=O) groups is 2. The number of aliphatic hydroxyl groups excluding tert-OH is 1. The van der Waals surface area contributed by atoms with Gasteiger partial charge in [0.2, 0.25) is 0 Å². The van der Waals surface area contributed by atoms with E-state index in [0.717, 1.165) is 6.33 Å². The van der Waals surface area contributed by atoms with Gasteiger partial charge < -0.3 is 25.2 Å². The SMILES string of the molecule is [N-]=[N+]=NCO[C@H]1C[C@@H](n2c(C#CCNC(=O)C(F)(F)F)nc3c(NC(=O)c4ccccc4)ncnc32)O[C@H]1CO. The van der Waals surface area contributed by atoms with Gasteiger partial charge in [-0.05, 0) is 23.6 Å². The van der Waals surface area contributed by atoms with Crippen LogP contribution in [-0.2, 0) is 14.3 Å². The quantitative estimate of drug-likeness (QED) is 0.162. The average Bonchev–Trinajstić information content (AvgIpc) is 3.52. The van der Waals surface area contributed by atoms with E-state index in [0.29, 0.717) is 5.56 Å². The molecule has 1 fully saturated rings. The van der Waals surface area contributed by atoms with Crippen LogP contribution in [0.15, 0.2) is 41.8 Å². The third-order valence-corrected chi connectivity index (χ3v) is 5.60. The molecule has 0 unspecified atom stereocenters. The maximum atomic E-state index is 12.7. The molecule has 3 atom stereocenters. The van der Waals surface area contributed by atoms with Crippen LogP contribution in [0.4, 0.5) is 19.0 Å². The molecular formula is C23H20F3N9O5. The molecule has 1 aromatic carbocycles.